The van der Waals surface area contributed by atoms with E-state index in [1.807, 2.05) is 27.7 Å². The summed E-state index contributed by atoms with van der Waals surface area (Å²) < 4.78 is 51.7. The normalized spacial score (nSPS) is 24.0. The van der Waals surface area contributed by atoms with E-state index in [9.17, 15) is 18.0 Å². The van der Waals surface area contributed by atoms with Gasteiger partial charge in [-0.05, 0) is 39.8 Å². The number of amides is 1. The van der Waals surface area contributed by atoms with Crippen molar-refractivity contribution in [3.05, 3.63) is 29.6 Å². The SMILES string of the molecule is CC1(C)OB(c2ccc(C(=O)N3CC(F)(F)C3)cc2F)OC1(C)C. The summed E-state index contributed by atoms with van der Waals surface area (Å²) in [6, 6.07) is 3.85. The molecule has 0 spiro atoms. The maximum Gasteiger partial charge on any atom is 0.497 e. The summed E-state index contributed by atoms with van der Waals surface area (Å²) in [6.07, 6.45) is 0. The highest BCUT2D eigenvalue weighted by Crippen LogP contribution is 2.36. The van der Waals surface area contributed by atoms with Crippen LogP contribution in [-0.2, 0) is 9.31 Å². The number of hydrogen-bond acceptors (Lipinski definition) is 3. The molecule has 4 nitrogen and oxygen atoms in total. The van der Waals surface area contributed by atoms with Crippen LogP contribution in [0.1, 0.15) is 38.1 Å². The first-order chi connectivity index (χ1) is 10.9. The lowest BCUT2D eigenvalue weighted by molar-refractivity contribution is -0.113. The molecule has 1 amide bonds. The van der Waals surface area contributed by atoms with Crippen LogP contribution in [0.2, 0.25) is 0 Å². The Morgan fingerprint density at radius 2 is 1.67 bits per heavy atom. The average Bonchev–Trinajstić information content (AvgIpc) is 2.63. The molecule has 2 fully saturated rings. The number of carbonyl (C=O) groups is 1. The Bertz CT molecular complexity index is 669. The predicted molar refractivity (Wildman–Crippen MR) is 83.0 cm³/mol. The molecular weight excluding hydrogens is 322 g/mol. The van der Waals surface area contributed by atoms with Gasteiger partial charge >= 0.3 is 7.12 Å². The van der Waals surface area contributed by atoms with E-state index < -0.39 is 49.1 Å². The number of benzene rings is 1. The maximum absolute atomic E-state index is 14.4. The van der Waals surface area contributed by atoms with Crippen molar-refractivity contribution < 1.29 is 27.3 Å². The topological polar surface area (TPSA) is 38.8 Å². The number of carbonyl (C=O) groups excluding carboxylic acids is 1. The Balaban J connectivity index is 1.78. The summed E-state index contributed by atoms with van der Waals surface area (Å²) in [4.78, 5) is 13.1. The van der Waals surface area contributed by atoms with Gasteiger partial charge in [0, 0.05) is 11.0 Å². The Morgan fingerprint density at radius 3 is 2.12 bits per heavy atom. The van der Waals surface area contributed by atoms with Gasteiger partial charge in [0.15, 0.2) is 0 Å². The zero-order valence-electron chi connectivity index (χ0n) is 14.0. The first-order valence-corrected chi connectivity index (χ1v) is 7.74. The highest BCUT2D eigenvalue weighted by Gasteiger charge is 2.52. The van der Waals surface area contributed by atoms with Crippen LogP contribution in [0.3, 0.4) is 0 Å². The summed E-state index contributed by atoms with van der Waals surface area (Å²) >= 11 is 0. The van der Waals surface area contributed by atoms with Gasteiger partial charge in [-0.15, -0.1) is 0 Å². The molecule has 8 heteroatoms. The van der Waals surface area contributed by atoms with Crippen LogP contribution in [0.15, 0.2) is 18.2 Å². The second-order valence-electron chi connectivity index (χ2n) is 7.34. The summed E-state index contributed by atoms with van der Waals surface area (Å²) in [5.41, 5.74) is -1.01. The van der Waals surface area contributed by atoms with Gasteiger partial charge in [-0.25, -0.2) is 13.2 Å². The van der Waals surface area contributed by atoms with Gasteiger partial charge in [-0.1, -0.05) is 6.07 Å². The van der Waals surface area contributed by atoms with Gasteiger partial charge in [0.25, 0.3) is 11.8 Å². The molecular formula is C16H19BF3NO3. The smallest absolute Gasteiger partial charge is 0.399 e. The van der Waals surface area contributed by atoms with Crippen molar-refractivity contribution in [2.45, 2.75) is 44.8 Å². The molecule has 0 unspecified atom stereocenters. The lowest BCUT2D eigenvalue weighted by atomic mass is 9.78. The molecule has 3 rings (SSSR count). The van der Waals surface area contributed by atoms with Crippen LogP contribution in [-0.4, -0.2) is 48.1 Å². The van der Waals surface area contributed by atoms with Gasteiger partial charge in [0.2, 0.25) is 0 Å². The highest BCUT2D eigenvalue weighted by molar-refractivity contribution is 6.62. The number of likely N-dealkylation sites (tertiary alicyclic amines) is 1. The molecule has 2 heterocycles. The van der Waals surface area contributed by atoms with Crippen molar-refractivity contribution >= 4 is 18.5 Å². The quantitative estimate of drug-likeness (QED) is 0.775. The molecule has 0 aliphatic carbocycles. The van der Waals surface area contributed by atoms with Crippen molar-refractivity contribution in [3.63, 3.8) is 0 Å². The Hall–Kier alpha value is -1.54. The molecule has 1 aromatic rings. The molecule has 0 aromatic heterocycles. The van der Waals surface area contributed by atoms with Crippen molar-refractivity contribution in [2.75, 3.05) is 13.1 Å². The van der Waals surface area contributed by atoms with E-state index in [4.69, 9.17) is 9.31 Å². The largest absolute Gasteiger partial charge is 0.497 e. The molecule has 0 N–H and O–H groups in total. The fourth-order valence-corrected chi connectivity index (χ4v) is 2.66. The lowest BCUT2D eigenvalue weighted by Crippen LogP contribution is -2.58. The summed E-state index contributed by atoms with van der Waals surface area (Å²) in [6.45, 7) is 6.15. The van der Waals surface area contributed by atoms with Crippen molar-refractivity contribution in [1.82, 2.24) is 4.90 Å². The minimum atomic E-state index is -2.85. The van der Waals surface area contributed by atoms with E-state index >= 15 is 0 Å². The highest BCUT2D eigenvalue weighted by atomic mass is 19.3. The van der Waals surface area contributed by atoms with Crippen LogP contribution in [0.4, 0.5) is 13.2 Å². The van der Waals surface area contributed by atoms with Gasteiger partial charge < -0.3 is 14.2 Å². The summed E-state index contributed by atoms with van der Waals surface area (Å²) in [5, 5.41) is 0. The fourth-order valence-electron chi connectivity index (χ4n) is 2.66. The van der Waals surface area contributed by atoms with E-state index in [0.29, 0.717) is 0 Å². The molecule has 0 radical (unpaired) electrons. The van der Waals surface area contributed by atoms with E-state index in [-0.39, 0.29) is 11.0 Å². The van der Waals surface area contributed by atoms with Crippen LogP contribution >= 0.6 is 0 Å². The Morgan fingerprint density at radius 1 is 1.12 bits per heavy atom. The second kappa shape index (κ2) is 5.23. The molecule has 0 saturated carbocycles. The van der Waals surface area contributed by atoms with Crippen LogP contribution in [0.25, 0.3) is 0 Å². The number of halogens is 3. The zero-order chi connectivity index (χ0) is 17.9. The third kappa shape index (κ3) is 2.82. The van der Waals surface area contributed by atoms with Gasteiger partial charge in [-0.2, -0.15) is 0 Å². The van der Waals surface area contributed by atoms with Crippen molar-refractivity contribution in [1.29, 1.82) is 0 Å². The van der Waals surface area contributed by atoms with Gasteiger partial charge in [0.1, 0.15) is 5.82 Å². The average molecular weight is 341 g/mol. The predicted octanol–water partition coefficient (Wildman–Crippen LogP) is 2.22. The van der Waals surface area contributed by atoms with E-state index in [0.717, 1.165) is 11.0 Å². The van der Waals surface area contributed by atoms with Crippen LogP contribution in [0.5, 0.6) is 0 Å². The standard InChI is InChI=1S/C16H19BF3NO3/c1-14(2)15(3,4)24-17(23-14)11-6-5-10(7-12(11)18)13(22)21-8-16(19,20)9-21/h5-7H,8-9H2,1-4H3. The molecule has 2 aliphatic rings. The van der Waals surface area contributed by atoms with Crippen LogP contribution < -0.4 is 5.46 Å². The first-order valence-electron chi connectivity index (χ1n) is 7.74. The van der Waals surface area contributed by atoms with E-state index in [1.54, 1.807) is 0 Å². The molecule has 1 aromatic carbocycles. The number of nitrogens with zero attached hydrogens (tertiary/aromatic N) is 1. The summed E-state index contributed by atoms with van der Waals surface area (Å²) in [7, 11) is -0.882. The van der Waals surface area contributed by atoms with E-state index in [1.165, 1.54) is 12.1 Å². The second-order valence-corrected chi connectivity index (χ2v) is 7.34. The fraction of sp³-hybridized carbons (Fsp3) is 0.562. The maximum atomic E-state index is 14.4. The molecule has 2 saturated heterocycles. The molecule has 2 aliphatic heterocycles. The minimum Gasteiger partial charge on any atom is -0.399 e. The molecule has 0 bridgehead atoms. The number of alkyl halides is 2. The minimum absolute atomic E-state index is 0.0308. The molecule has 130 valence electrons. The third-order valence-corrected chi connectivity index (χ3v) is 4.89. The molecule has 0 atom stereocenters. The number of rotatable bonds is 2. The van der Waals surface area contributed by atoms with Gasteiger partial charge in [0.05, 0.1) is 24.3 Å². The van der Waals surface area contributed by atoms with E-state index in [2.05, 4.69) is 0 Å². The monoisotopic (exact) mass is 341 g/mol. The third-order valence-electron chi connectivity index (χ3n) is 4.89. The van der Waals surface area contributed by atoms with Crippen LogP contribution in [0, 0.1) is 5.82 Å². The van der Waals surface area contributed by atoms with Crippen molar-refractivity contribution in [2.24, 2.45) is 0 Å². The first kappa shape index (κ1) is 17.3. The Kier molecular flexibility index (Phi) is 3.77. The van der Waals surface area contributed by atoms with Gasteiger partial charge in [-0.3, -0.25) is 4.79 Å². The van der Waals surface area contributed by atoms with Crippen molar-refractivity contribution in [3.8, 4) is 0 Å². The zero-order valence-corrected chi connectivity index (χ0v) is 14.0. The molecule has 24 heavy (non-hydrogen) atoms. The Labute approximate surface area is 139 Å². The lowest BCUT2D eigenvalue weighted by Gasteiger charge is -2.38. The number of hydrogen-bond donors (Lipinski definition) is 0. The summed E-state index contributed by atoms with van der Waals surface area (Å²) in [5.74, 6) is -4.12.